The van der Waals surface area contributed by atoms with Gasteiger partial charge < -0.3 is 5.11 Å². The van der Waals surface area contributed by atoms with Crippen LogP contribution in [0.5, 0.6) is 0 Å². The number of aromatic nitrogens is 1. The minimum absolute atomic E-state index is 0.492. The van der Waals surface area contributed by atoms with Gasteiger partial charge >= 0.3 is 0 Å². The molecule has 1 heterocycles. The maximum Gasteiger partial charge on any atom is 0.0848 e. The zero-order valence-corrected chi connectivity index (χ0v) is 12.1. The molecule has 2 aromatic rings. The van der Waals surface area contributed by atoms with Crippen LogP contribution in [-0.4, -0.2) is 10.1 Å². The highest BCUT2D eigenvalue weighted by molar-refractivity contribution is 5.38. The molecule has 0 saturated carbocycles. The lowest BCUT2D eigenvalue weighted by molar-refractivity contribution is 0.177. The molecule has 2 rings (SSSR count). The van der Waals surface area contributed by atoms with Crippen LogP contribution in [-0.2, 0) is 6.42 Å². The first kappa shape index (κ1) is 13.8. The third-order valence-electron chi connectivity index (χ3n) is 3.64. The number of aryl methyl sites for hydroxylation is 4. The molecule has 0 aliphatic carbocycles. The summed E-state index contributed by atoms with van der Waals surface area (Å²) in [5.41, 5.74) is 6.82. The van der Waals surface area contributed by atoms with Gasteiger partial charge in [-0.25, -0.2) is 0 Å². The van der Waals surface area contributed by atoms with Crippen LogP contribution in [0.1, 0.15) is 39.6 Å². The molecular formula is C17H21NO. The summed E-state index contributed by atoms with van der Waals surface area (Å²) in [6, 6.07) is 8.17. The largest absolute Gasteiger partial charge is 0.388 e. The summed E-state index contributed by atoms with van der Waals surface area (Å²) in [5, 5.41) is 10.4. The highest BCUT2D eigenvalue weighted by Gasteiger charge is 2.14. The first-order chi connectivity index (χ1) is 8.99. The molecule has 0 aliphatic heterocycles. The van der Waals surface area contributed by atoms with Gasteiger partial charge in [-0.05, 0) is 50.5 Å². The summed E-state index contributed by atoms with van der Waals surface area (Å²) in [5.74, 6) is 0. The van der Waals surface area contributed by atoms with E-state index in [9.17, 15) is 5.11 Å². The Hall–Kier alpha value is -1.67. The van der Waals surface area contributed by atoms with Gasteiger partial charge in [-0.3, -0.25) is 4.98 Å². The van der Waals surface area contributed by atoms with Gasteiger partial charge in [0.05, 0.1) is 6.10 Å². The number of nitrogens with zero attached hydrogens (tertiary/aromatic N) is 1. The fourth-order valence-corrected chi connectivity index (χ4v) is 2.68. The van der Waals surface area contributed by atoms with E-state index in [1.165, 1.54) is 22.3 Å². The van der Waals surface area contributed by atoms with E-state index in [2.05, 4.69) is 37.9 Å². The van der Waals surface area contributed by atoms with E-state index >= 15 is 0 Å². The van der Waals surface area contributed by atoms with Crippen molar-refractivity contribution < 1.29 is 5.11 Å². The molecule has 1 N–H and O–H groups in total. The molecule has 0 radical (unpaired) electrons. The average molecular weight is 255 g/mol. The van der Waals surface area contributed by atoms with Crippen molar-refractivity contribution in [2.75, 3.05) is 0 Å². The fourth-order valence-electron chi connectivity index (χ4n) is 2.68. The van der Waals surface area contributed by atoms with Crippen LogP contribution in [0.2, 0.25) is 0 Å². The van der Waals surface area contributed by atoms with Crippen molar-refractivity contribution in [3.05, 3.63) is 64.0 Å². The summed E-state index contributed by atoms with van der Waals surface area (Å²) in [6.45, 7) is 8.26. The van der Waals surface area contributed by atoms with Crippen LogP contribution in [0, 0.1) is 27.7 Å². The van der Waals surface area contributed by atoms with Crippen LogP contribution in [0.3, 0.4) is 0 Å². The number of hydrogen-bond acceptors (Lipinski definition) is 2. The van der Waals surface area contributed by atoms with Gasteiger partial charge in [-0.15, -0.1) is 0 Å². The second kappa shape index (κ2) is 5.54. The molecule has 1 unspecified atom stereocenters. The summed E-state index contributed by atoms with van der Waals surface area (Å²) in [7, 11) is 0. The average Bonchev–Trinajstić information content (AvgIpc) is 2.34. The van der Waals surface area contributed by atoms with Gasteiger partial charge in [-0.1, -0.05) is 23.8 Å². The molecule has 0 bridgehead atoms. The molecule has 1 aromatic heterocycles. The van der Waals surface area contributed by atoms with Gasteiger partial charge in [0.1, 0.15) is 0 Å². The van der Waals surface area contributed by atoms with Crippen molar-refractivity contribution in [2.45, 2.75) is 40.2 Å². The SMILES string of the molecule is Cc1cc(C)c(CC(O)c2cccnc2C)c(C)c1. The van der Waals surface area contributed by atoms with E-state index in [0.29, 0.717) is 6.42 Å². The van der Waals surface area contributed by atoms with Crippen molar-refractivity contribution >= 4 is 0 Å². The molecular weight excluding hydrogens is 234 g/mol. The number of aliphatic hydroxyl groups is 1. The summed E-state index contributed by atoms with van der Waals surface area (Å²) in [6.07, 6.45) is 1.91. The third-order valence-corrected chi connectivity index (χ3v) is 3.64. The molecule has 1 atom stereocenters. The lowest BCUT2D eigenvalue weighted by atomic mass is 9.93. The maximum atomic E-state index is 10.4. The lowest BCUT2D eigenvalue weighted by Crippen LogP contribution is -2.07. The predicted octanol–water partition coefficient (Wildman–Crippen LogP) is 3.59. The van der Waals surface area contributed by atoms with Gasteiger partial charge in [0.25, 0.3) is 0 Å². The Labute approximate surface area is 115 Å². The molecule has 1 aromatic carbocycles. The molecule has 19 heavy (non-hydrogen) atoms. The topological polar surface area (TPSA) is 33.1 Å². The second-order valence-electron chi connectivity index (χ2n) is 5.28. The Kier molecular flexibility index (Phi) is 4.01. The van der Waals surface area contributed by atoms with Crippen molar-refractivity contribution in [1.82, 2.24) is 4.98 Å². The Morgan fingerprint density at radius 1 is 1.11 bits per heavy atom. The highest BCUT2D eigenvalue weighted by atomic mass is 16.3. The number of benzene rings is 1. The van der Waals surface area contributed by atoms with Crippen LogP contribution < -0.4 is 0 Å². The Bertz CT molecular complexity index is 567. The summed E-state index contributed by atoms with van der Waals surface area (Å²) < 4.78 is 0. The van der Waals surface area contributed by atoms with E-state index in [-0.39, 0.29) is 0 Å². The van der Waals surface area contributed by atoms with E-state index in [1.54, 1.807) is 6.20 Å². The van der Waals surface area contributed by atoms with E-state index in [4.69, 9.17) is 0 Å². The maximum absolute atomic E-state index is 10.4. The number of hydrogen-bond donors (Lipinski definition) is 1. The monoisotopic (exact) mass is 255 g/mol. The minimum atomic E-state index is -0.492. The number of aliphatic hydroxyl groups excluding tert-OH is 1. The second-order valence-corrected chi connectivity index (χ2v) is 5.28. The molecule has 0 saturated heterocycles. The molecule has 2 heteroatoms. The quantitative estimate of drug-likeness (QED) is 0.909. The summed E-state index contributed by atoms with van der Waals surface area (Å²) >= 11 is 0. The van der Waals surface area contributed by atoms with Crippen molar-refractivity contribution in [1.29, 1.82) is 0 Å². The smallest absolute Gasteiger partial charge is 0.0848 e. The van der Waals surface area contributed by atoms with Crippen LogP contribution in [0.15, 0.2) is 30.5 Å². The van der Waals surface area contributed by atoms with Gasteiger partial charge in [0, 0.05) is 23.9 Å². The predicted molar refractivity (Wildman–Crippen MR) is 78.3 cm³/mol. The summed E-state index contributed by atoms with van der Waals surface area (Å²) in [4.78, 5) is 4.24. The zero-order valence-electron chi connectivity index (χ0n) is 12.1. The van der Waals surface area contributed by atoms with Crippen LogP contribution in [0.4, 0.5) is 0 Å². The standard InChI is InChI=1S/C17H21NO/c1-11-8-12(2)16(13(3)9-11)10-17(19)15-6-5-7-18-14(15)4/h5-9,17,19H,10H2,1-4H3. The Balaban J connectivity index is 2.29. The fraction of sp³-hybridized carbons (Fsp3) is 0.353. The van der Waals surface area contributed by atoms with Crippen molar-refractivity contribution in [3.63, 3.8) is 0 Å². The Morgan fingerprint density at radius 3 is 2.32 bits per heavy atom. The number of pyridine rings is 1. The van der Waals surface area contributed by atoms with Crippen molar-refractivity contribution in [2.24, 2.45) is 0 Å². The Morgan fingerprint density at radius 2 is 1.74 bits per heavy atom. The van der Waals surface area contributed by atoms with Gasteiger partial charge in [0.2, 0.25) is 0 Å². The first-order valence-electron chi connectivity index (χ1n) is 6.65. The zero-order chi connectivity index (χ0) is 14.0. The first-order valence-corrected chi connectivity index (χ1v) is 6.65. The normalized spacial score (nSPS) is 12.5. The van der Waals surface area contributed by atoms with Crippen molar-refractivity contribution in [3.8, 4) is 0 Å². The van der Waals surface area contributed by atoms with Gasteiger partial charge in [0.15, 0.2) is 0 Å². The molecule has 0 aliphatic rings. The minimum Gasteiger partial charge on any atom is -0.388 e. The highest BCUT2D eigenvalue weighted by Crippen LogP contribution is 2.25. The molecule has 0 fully saturated rings. The molecule has 0 spiro atoms. The third kappa shape index (κ3) is 3.02. The lowest BCUT2D eigenvalue weighted by Gasteiger charge is -2.17. The van der Waals surface area contributed by atoms with Crippen LogP contribution in [0.25, 0.3) is 0 Å². The molecule has 2 nitrogen and oxygen atoms in total. The van der Waals surface area contributed by atoms with Gasteiger partial charge in [-0.2, -0.15) is 0 Å². The van der Waals surface area contributed by atoms with E-state index < -0.39 is 6.10 Å². The van der Waals surface area contributed by atoms with E-state index in [0.717, 1.165) is 11.3 Å². The van der Waals surface area contributed by atoms with E-state index in [1.807, 2.05) is 19.1 Å². The van der Waals surface area contributed by atoms with Crippen LogP contribution >= 0.6 is 0 Å². The number of rotatable bonds is 3. The molecule has 100 valence electrons. The molecule has 0 amide bonds.